The number of nitriles is 1. The molecule has 0 aliphatic heterocycles. The molecule has 2 N–H and O–H groups in total. The van der Waals surface area contributed by atoms with Crippen molar-refractivity contribution in [3.63, 3.8) is 0 Å². The molecule has 0 aliphatic carbocycles. The Hall–Kier alpha value is -2.00. The summed E-state index contributed by atoms with van der Waals surface area (Å²) in [6.45, 7) is 0. The predicted molar refractivity (Wildman–Crippen MR) is 52.3 cm³/mol. The Morgan fingerprint density at radius 1 is 1.43 bits per heavy atom. The zero-order chi connectivity index (χ0) is 9.97. The van der Waals surface area contributed by atoms with Crippen LogP contribution in [0.5, 0.6) is 0 Å². The minimum Gasteiger partial charge on any atom is -0.368 e. The third kappa shape index (κ3) is 1.53. The first-order chi connectivity index (χ1) is 6.79. The van der Waals surface area contributed by atoms with E-state index in [-0.39, 0.29) is 11.6 Å². The summed E-state index contributed by atoms with van der Waals surface area (Å²) in [5.41, 5.74) is 6.28. The van der Waals surface area contributed by atoms with Crippen LogP contribution in [0.1, 0.15) is 5.69 Å². The van der Waals surface area contributed by atoms with Crippen molar-refractivity contribution in [2.45, 2.75) is 0 Å². The lowest BCUT2D eigenvalue weighted by atomic mass is 10.3. The summed E-state index contributed by atoms with van der Waals surface area (Å²) in [6.07, 6.45) is 1.67. The highest BCUT2D eigenvalue weighted by molar-refractivity contribution is 7.13. The topological polar surface area (TPSA) is 88.5 Å². The number of hydrogen-bond donors (Lipinski definition) is 1. The maximum atomic E-state index is 8.67. The average molecular weight is 203 g/mol. The fourth-order valence-electron chi connectivity index (χ4n) is 0.983. The molecule has 0 aliphatic rings. The van der Waals surface area contributed by atoms with Gasteiger partial charge in [-0.25, -0.2) is 15.0 Å². The molecule has 0 bridgehead atoms. The van der Waals surface area contributed by atoms with Gasteiger partial charge in [-0.3, -0.25) is 0 Å². The molecule has 2 rings (SSSR count). The van der Waals surface area contributed by atoms with Gasteiger partial charge in [0.2, 0.25) is 5.95 Å². The largest absolute Gasteiger partial charge is 0.368 e. The predicted octanol–water partition coefficient (Wildman–Crippen LogP) is 1.05. The van der Waals surface area contributed by atoms with Crippen molar-refractivity contribution in [3.05, 3.63) is 23.3 Å². The van der Waals surface area contributed by atoms with Crippen LogP contribution in [-0.4, -0.2) is 15.0 Å². The third-order valence-electron chi connectivity index (χ3n) is 1.51. The van der Waals surface area contributed by atoms with E-state index in [9.17, 15) is 0 Å². The number of anilines is 1. The molecule has 0 saturated heterocycles. The number of rotatable bonds is 1. The number of nitrogen functional groups attached to an aromatic ring is 1. The van der Waals surface area contributed by atoms with Gasteiger partial charge >= 0.3 is 0 Å². The summed E-state index contributed by atoms with van der Waals surface area (Å²) < 4.78 is 0. The van der Waals surface area contributed by atoms with Gasteiger partial charge in [-0.2, -0.15) is 5.26 Å². The van der Waals surface area contributed by atoms with Gasteiger partial charge in [-0.1, -0.05) is 0 Å². The van der Waals surface area contributed by atoms with Crippen molar-refractivity contribution < 1.29 is 0 Å². The second-order valence-corrected chi connectivity index (χ2v) is 3.34. The SMILES string of the molecule is N#Cc1cc(-c2nccs2)nc(N)n1. The summed E-state index contributed by atoms with van der Waals surface area (Å²) in [7, 11) is 0. The van der Waals surface area contributed by atoms with Gasteiger partial charge in [0, 0.05) is 17.6 Å². The zero-order valence-corrected chi connectivity index (χ0v) is 7.82. The number of hydrogen-bond acceptors (Lipinski definition) is 6. The fourth-order valence-corrected chi connectivity index (χ4v) is 1.58. The van der Waals surface area contributed by atoms with Gasteiger partial charge in [0.1, 0.15) is 22.5 Å². The van der Waals surface area contributed by atoms with E-state index in [0.717, 1.165) is 5.01 Å². The quantitative estimate of drug-likeness (QED) is 0.748. The second kappa shape index (κ2) is 3.40. The molecule has 5 nitrogen and oxygen atoms in total. The maximum absolute atomic E-state index is 8.67. The Bertz CT molecular complexity index is 485. The molecule has 2 aromatic heterocycles. The van der Waals surface area contributed by atoms with E-state index in [1.54, 1.807) is 12.3 Å². The third-order valence-corrected chi connectivity index (χ3v) is 2.31. The van der Waals surface area contributed by atoms with Crippen LogP contribution in [0.25, 0.3) is 10.7 Å². The van der Waals surface area contributed by atoms with Crippen LogP contribution in [0.2, 0.25) is 0 Å². The van der Waals surface area contributed by atoms with Crippen molar-refractivity contribution in [3.8, 4) is 16.8 Å². The lowest BCUT2D eigenvalue weighted by Gasteiger charge is -1.97. The van der Waals surface area contributed by atoms with Crippen molar-refractivity contribution in [2.75, 3.05) is 5.73 Å². The zero-order valence-electron chi connectivity index (χ0n) is 7.01. The normalized spacial score (nSPS) is 9.64. The number of nitrogens with two attached hydrogens (primary N) is 1. The van der Waals surface area contributed by atoms with E-state index in [1.165, 1.54) is 11.3 Å². The van der Waals surface area contributed by atoms with Crippen LogP contribution in [0.3, 0.4) is 0 Å². The molecular weight excluding hydrogens is 198 g/mol. The molecule has 68 valence electrons. The van der Waals surface area contributed by atoms with Crippen LogP contribution >= 0.6 is 11.3 Å². The molecule has 0 radical (unpaired) electrons. The average Bonchev–Trinajstić information content (AvgIpc) is 2.69. The Balaban J connectivity index is 2.55. The minimum atomic E-state index is 0.0919. The van der Waals surface area contributed by atoms with Crippen molar-refractivity contribution in [1.82, 2.24) is 15.0 Å². The molecule has 0 aromatic carbocycles. The minimum absolute atomic E-state index is 0.0919. The van der Waals surface area contributed by atoms with E-state index in [4.69, 9.17) is 11.0 Å². The van der Waals surface area contributed by atoms with E-state index in [2.05, 4.69) is 15.0 Å². The standard InChI is InChI=1S/C8H5N5S/c9-4-5-3-6(13-8(10)12-5)7-11-1-2-14-7/h1-3H,(H2,10,12,13). The highest BCUT2D eigenvalue weighted by Gasteiger charge is 2.05. The fraction of sp³-hybridized carbons (Fsp3) is 0. The van der Waals surface area contributed by atoms with Crippen molar-refractivity contribution in [2.24, 2.45) is 0 Å². The summed E-state index contributed by atoms with van der Waals surface area (Å²) in [6, 6.07) is 3.48. The van der Waals surface area contributed by atoms with E-state index in [0.29, 0.717) is 5.69 Å². The molecule has 0 unspecified atom stereocenters. The van der Waals surface area contributed by atoms with Crippen LogP contribution < -0.4 is 5.73 Å². The highest BCUT2D eigenvalue weighted by Crippen LogP contribution is 2.20. The van der Waals surface area contributed by atoms with Gasteiger partial charge in [-0.15, -0.1) is 11.3 Å². The molecule has 0 amide bonds. The van der Waals surface area contributed by atoms with Crippen LogP contribution in [0, 0.1) is 11.3 Å². The number of aromatic nitrogens is 3. The van der Waals surface area contributed by atoms with E-state index in [1.807, 2.05) is 11.4 Å². The molecule has 2 heterocycles. The van der Waals surface area contributed by atoms with Gasteiger partial charge in [0.15, 0.2) is 0 Å². The Labute approximate surface area is 83.9 Å². The second-order valence-electron chi connectivity index (χ2n) is 2.45. The van der Waals surface area contributed by atoms with Crippen LogP contribution in [0.4, 0.5) is 5.95 Å². The molecule has 14 heavy (non-hydrogen) atoms. The summed E-state index contributed by atoms with van der Waals surface area (Å²) >= 11 is 1.44. The van der Waals surface area contributed by atoms with Gasteiger partial charge < -0.3 is 5.73 Å². The van der Waals surface area contributed by atoms with Crippen molar-refractivity contribution >= 4 is 17.3 Å². The number of thiazole rings is 1. The Morgan fingerprint density at radius 3 is 2.93 bits per heavy atom. The molecule has 0 saturated carbocycles. The summed E-state index contributed by atoms with van der Waals surface area (Å²) in [4.78, 5) is 11.8. The molecule has 0 fully saturated rings. The Kier molecular flexibility index (Phi) is 2.08. The van der Waals surface area contributed by atoms with E-state index < -0.39 is 0 Å². The monoisotopic (exact) mass is 203 g/mol. The molecular formula is C8H5N5S. The highest BCUT2D eigenvalue weighted by atomic mass is 32.1. The number of nitrogens with zero attached hydrogens (tertiary/aromatic N) is 4. The first-order valence-electron chi connectivity index (χ1n) is 3.74. The van der Waals surface area contributed by atoms with Crippen LogP contribution in [-0.2, 0) is 0 Å². The first kappa shape index (κ1) is 8.59. The molecule has 0 atom stereocenters. The summed E-state index contributed by atoms with van der Waals surface area (Å²) in [5.74, 6) is 0.0919. The van der Waals surface area contributed by atoms with Crippen LogP contribution in [0.15, 0.2) is 17.6 Å². The first-order valence-corrected chi connectivity index (χ1v) is 4.62. The molecule has 6 heteroatoms. The van der Waals surface area contributed by atoms with E-state index >= 15 is 0 Å². The molecule has 0 spiro atoms. The smallest absolute Gasteiger partial charge is 0.221 e. The molecule has 2 aromatic rings. The van der Waals surface area contributed by atoms with Gasteiger partial charge in [-0.05, 0) is 0 Å². The summed E-state index contributed by atoms with van der Waals surface area (Å²) in [5, 5.41) is 11.2. The van der Waals surface area contributed by atoms with Gasteiger partial charge in [0.25, 0.3) is 0 Å². The van der Waals surface area contributed by atoms with Gasteiger partial charge in [0.05, 0.1) is 0 Å². The lowest BCUT2D eigenvalue weighted by molar-refractivity contribution is 1.15. The Morgan fingerprint density at radius 2 is 2.29 bits per heavy atom. The lowest BCUT2D eigenvalue weighted by Crippen LogP contribution is -1.98. The van der Waals surface area contributed by atoms with Crippen molar-refractivity contribution in [1.29, 1.82) is 5.26 Å². The maximum Gasteiger partial charge on any atom is 0.221 e.